The Bertz CT molecular complexity index is 571. The minimum Gasteiger partial charge on any atom is -0.393 e. The van der Waals surface area contributed by atoms with Crippen LogP contribution in [-0.2, 0) is 0 Å². The number of rotatable bonds is 6. The van der Waals surface area contributed by atoms with E-state index >= 15 is 0 Å². The van der Waals surface area contributed by atoms with Crippen molar-refractivity contribution in [3.8, 4) is 0 Å². The minimum atomic E-state index is -0.486. The van der Waals surface area contributed by atoms with Crippen LogP contribution in [0, 0.1) is 40.4 Å². The number of aliphatic hydroxyl groups is 2. The highest BCUT2D eigenvalue weighted by atomic mass is 16.3. The Hall–Kier alpha value is -0.0800. The van der Waals surface area contributed by atoms with Crippen LogP contribution in [0.2, 0.25) is 0 Å². The molecule has 2 N–H and O–H groups in total. The molecule has 0 aromatic rings. The van der Waals surface area contributed by atoms with Crippen LogP contribution in [0.3, 0.4) is 0 Å². The summed E-state index contributed by atoms with van der Waals surface area (Å²) in [7, 11) is 0. The second kappa shape index (κ2) is 8.12. The lowest BCUT2D eigenvalue weighted by atomic mass is 9.44. The maximum Gasteiger partial charge on any atom is 0.0653 e. The smallest absolute Gasteiger partial charge is 0.0653 e. The van der Waals surface area contributed by atoms with Crippen molar-refractivity contribution in [1.82, 2.24) is 0 Å². The number of fused-ring (bicyclic) bond motifs is 5. The molecule has 0 radical (unpaired) electrons. The maximum absolute atomic E-state index is 11.6. The summed E-state index contributed by atoms with van der Waals surface area (Å²) in [5.41, 5.74) is 0.317. The molecule has 29 heavy (non-hydrogen) atoms. The predicted molar refractivity (Wildman–Crippen MR) is 121 cm³/mol. The molecule has 0 saturated heterocycles. The molecular formula is C27H48O2. The van der Waals surface area contributed by atoms with Gasteiger partial charge in [0.25, 0.3) is 0 Å². The van der Waals surface area contributed by atoms with E-state index < -0.39 is 5.60 Å². The number of hydrogen-bond donors (Lipinski definition) is 2. The summed E-state index contributed by atoms with van der Waals surface area (Å²) < 4.78 is 0. The summed E-state index contributed by atoms with van der Waals surface area (Å²) >= 11 is 0. The Balaban J connectivity index is 1.48. The SMILES string of the molecule is CCCCCC[C@](C)(O)[C@H]1CCC2C3CCC4C[C@@H](O)CC[C@]4(C)C3CC[C@@]21C. The fourth-order valence-corrected chi connectivity index (χ4v) is 9.34. The number of unbranched alkanes of at least 4 members (excludes halogenated alkanes) is 3. The van der Waals surface area contributed by atoms with Crippen molar-refractivity contribution >= 4 is 0 Å². The second-order valence-corrected chi connectivity index (χ2v) is 12.4. The summed E-state index contributed by atoms with van der Waals surface area (Å²) in [6.07, 6.45) is 17.3. The third-order valence-corrected chi connectivity index (χ3v) is 10.9. The second-order valence-electron chi connectivity index (χ2n) is 12.4. The zero-order chi connectivity index (χ0) is 20.9. The van der Waals surface area contributed by atoms with Crippen LogP contribution in [0.1, 0.15) is 118 Å². The molecule has 4 saturated carbocycles. The molecule has 0 aromatic heterocycles. The lowest BCUT2D eigenvalue weighted by Gasteiger charge is -2.61. The molecule has 4 aliphatic rings. The average molecular weight is 405 g/mol. The first-order chi connectivity index (χ1) is 13.7. The van der Waals surface area contributed by atoms with Gasteiger partial charge in [-0.15, -0.1) is 0 Å². The van der Waals surface area contributed by atoms with Crippen molar-refractivity contribution in [2.24, 2.45) is 40.4 Å². The van der Waals surface area contributed by atoms with Crippen LogP contribution in [0.4, 0.5) is 0 Å². The van der Waals surface area contributed by atoms with Crippen LogP contribution in [0.5, 0.6) is 0 Å². The molecule has 9 atom stereocenters. The monoisotopic (exact) mass is 404 g/mol. The molecule has 2 heteroatoms. The van der Waals surface area contributed by atoms with E-state index in [0.717, 1.165) is 42.9 Å². The third-order valence-electron chi connectivity index (χ3n) is 10.9. The Morgan fingerprint density at radius 1 is 0.862 bits per heavy atom. The molecule has 0 heterocycles. The summed E-state index contributed by atoms with van der Waals surface area (Å²) in [6, 6.07) is 0. The lowest BCUT2D eigenvalue weighted by Crippen LogP contribution is -2.55. The van der Waals surface area contributed by atoms with Crippen LogP contribution >= 0.6 is 0 Å². The molecule has 0 bridgehead atoms. The molecule has 0 aliphatic heterocycles. The van der Waals surface area contributed by atoms with Gasteiger partial charge in [-0.2, -0.15) is 0 Å². The van der Waals surface area contributed by atoms with Gasteiger partial charge in [-0.05, 0) is 112 Å². The molecule has 4 fully saturated rings. The van der Waals surface area contributed by atoms with E-state index in [2.05, 4.69) is 27.7 Å². The molecule has 0 spiro atoms. The van der Waals surface area contributed by atoms with Gasteiger partial charge in [-0.25, -0.2) is 0 Å². The van der Waals surface area contributed by atoms with E-state index in [-0.39, 0.29) is 6.10 Å². The van der Waals surface area contributed by atoms with Crippen molar-refractivity contribution in [1.29, 1.82) is 0 Å². The van der Waals surface area contributed by atoms with E-state index in [4.69, 9.17) is 0 Å². The third kappa shape index (κ3) is 3.73. The molecular weight excluding hydrogens is 356 g/mol. The summed E-state index contributed by atoms with van der Waals surface area (Å²) in [4.78, 5) is 0. The van der Waals surface area contributed by atoms with E-state index in [1.165, 1.54) is 70.6 Å². The molecule has 4 unspecified atom stereocenters. The maximum atomic E-state index is 11.6. The van der Waals surface area contributed by atoms with E-state index in [9.17, 15) is 10.2 Å². The Kier molecular flexibility index (Phi) is 6.19. The van der Waals surface area contributed by atoms with Gasteiger partial charge in [0.05, 0.1) is 11.7 Å². The van der Waals surface area contributed by atoms with Gasteiger partial charge in [-0.1, -0.05) is 46.5 Å². The first kappa shape index (κ1) is 22.1. The standard InChI is InChI=1S/C27H48O2/c1-5-6-7-8-15-27(4,29)24-12-11-22-21-10-9-19-18-20(28)13-16-25(19,2)23(21)14-17-26(22,24)3/h19-24,28-29H,5-18H2,1-4H3/t19?,20-,21?,22?,23?,24-,25-,26-,27-/m0/s1. The van der Waals surface area contributed by atoms with E-state index in [1.807, 2.05) is 0 Å². The van der Waals surface area contributed by atoms with Crippen molar-refractivity contribution in [2.75, 3.05) is 0 Å². The van der Waals surface area contributed by atoms with Gasteiger partial charge in [0.2, 0.25) is 0 Å². The molecule has 168 valence electrons. The first-order valence-corrected chi connectivity index (χ1v) is 13.1. The fraction of sp³-hybridized carbons (Fsp3) is 1.00. The minimum absolute atomic E-state index is 0.0443. The highest BCUT2D eigenvalue weighted by Crippen LogP contribution is 2.68. The summed E-state index contributed by atoms with van der Waals surface area (Å²) in [6.45, 7) is 9.58. The normalized spacial score (nSPS) is 49.0. The van der Waals surface area contributed by atoms with Crippen molar-refractivity contribution in [3.05, 3.63) is 0 Å². The highest BCUT2D eigenvalue weighted by Gasteiger charge is 2.62. The topological polar surface area (TPSA) is 40.5 Å². The zero-order valence-electron chi connectivity index (χ0n) is 19.8. The summed E-state index contributed by atoms with van der Waals surface area (Å²) in [5.74, 6) is 3.78. The average Bonchev–Trinajstić information content (AvgIpc) is 3.04. The molecule has 0 aromatic carbocycles. The van der Waals surface area contributed by atoms with Gasteiger partial charge < -0.3 is 10.2 Å². The van der Waals surface area contributed by atoms with Crippen LogP contribution in [0.25, 0.3) is 0 Å². The quantitative estimate of drug-likeness (QED) is 0.482. The fourth-order valence-electron chi connectivity index (χ4n) is 9.34. The molecule has 2 nitrogen and oxygen atoms in total. The first-order valence-electron chi connectivity index (χ1n) is 13.1. The van der Waals surface area contributed by atoms with Gasteiger partial charge in [0.1, 0.15) is 0 Å². The molecule has 4 rings (SSSR count). The zero-order valence-corrected chi connectivity index (χ0v) is 19.8. The van der Waals surface area contributed by atoms with Crippen molar-refractivity contribution in [2.45, 2.75) is 129 Å². The molecule has 0 amide bonds. The summed E-state index contributed by atoms with van der Waals surface area (Å²) in [5, 5.41) is 21.8. The van der Waals surface area contributed by atoms with Gasteiger partial charge >= 0.3 is 0 Å². The number of hydrogen-bond acceptors (Lipinski definition) is 2. The van der Waals surface area contributed by atoms with Crippen molar-refractivity contribution in [3.63, 3.8) is 0 Å². The Labute approximate surface area is 180 Å². The van der Waals surface area contributed by atoms with E-state index in [1.54, 1.807) is 0 Å². The van der Waals surface area contributed by atoms with Crippen molar-refractivity contribution < 1.29 is 10.2 Å². The van der Waals surface area contributed by atoms with Crippen LogP contribution in [0.15, 0.2) is 0 Å². The van der Waals surface area contributed by atoms with Gasteiger partial charge in [0.15, 0.2) is 0 Å². The molecule has 4 aliphatic carbocycles. The van der Waals surface area contributed by atoms with Crippen LogP contribution < -0.4 is 0 Å². The largest absolute Gasteiger partial charge is 0.393 e. The van der Waals surface area contributed by atoms with Crippen LogP contribution in [-0.4, -0.2) is 21.9 Å². The van der Waals surface area contributed by atoms with E-state index in [0.29, 0.717) is 16.7 Å². The van der Waals surface area contributed by atoms with Gasteiger partial charge in [0, 0.05) is 0 Å². The lowest BCUT2D eigenvalue weighted by molar-refractivity contribution is -0.144. The Morgan fingerprint density at radius 3 is 2.34 bits per heavy atom. The number of aliphatic hydroxyl groups excluding tert-OH is 1. The highest BCUT2D eigenvalue weighted by molar-refractivity contribution is 5.11. The Morgan fingerprint density at radius 2 is 1.59 bits per heavy atom. The van der Waals surface area contributed by atoms with Gasteiger partial charge in [-0.3, -0.25) is 0 Å². The predicted octanol–water partition coefficient (Wildman–Crippen LogP) is 6.73.